The molecule has 0 radical (unpaired) electrons. The number of fused-ring (bicyclic) bond motifs is 1. The number of amides is 2. The van der Waals surface area contributed by atoms with Crippen LogP contribution in [0.3, 0.4) is 0 Å². The second-order valence-electron chi connectivity index (χ2n) is 7.08. The van der Waals surface area contributed by atoms with Crippen molar-refractivity contribution in [1.29, 1.82) is 0 Å². The van der Waals surface area contributed by atoms with Gasteiger partial charge in [0.2, 0.25) is 0 Å². The highest BCUT2D eigenvalue weighted by atomic mass is 16.2. The molecule has 1 fully saturated rings. The first-order chi connectivity index (χ1) is 13.0. The Bertz CT molecular complexity index is 951. The Hall–Kier alpha value is -3.28. The van der Waals surface area contributed by atoms with Crippen molar-refractivity contribution in [2.45, 2.75) is 32.4 Å². The third-order valence-electron chi connectivity index (χ3n) is 4.82. The van der Waals surface area contributed by atoms with Crippen LogP contribution in [0.25, 0.3) is 0 Å². The van der Waals surface area contributed by atoms with Crippen molar-refractivity contribution in [2.24, 2.45) is 0 Å². The van der Waals surface area contributed by atoms with Crippen LogP contribution >= 0.6 is 0 Å². The van der Waals surface area contributed by atoms with Crippen LogP contribution in [0.1, 0.15) is 17.5 Å². The van der Waals surface area contributed by atoms with Crippen LogP contribution in [0, 0.1) is 13.8 Å². The van der Waals surface area contributed by atoms with Crippen molar-refractivity contribution >= 4 is 23.2 Å². The maximum atomic E-state index is 12.9. The number of nitrogens with one attached hydrogen (secondary N) is 4. The third-order valence-corrected chi connectivity index (χ3v) is 4.82. The van der Waals surface area contributed by atoms with Gasteiger partial charge in [0, 0.05) is 17.4 Å². The average Bonchev–Trinajstić information content (AvgIpc) is 3.35. The molecule has 2 unspecified atom stereocenters. The third kappa shape index (κ3) is 3.65. The van der Waals surface area contributed by atoms with Gasteiger partial charge in [0.1, 0.15) is 11.4 Å². The number of anilines is 2. The first-order valence-corrected chi connectivity index (χ1v) is 9.03. The summed E-state index contributed by atoms with van der Waals surface area (Å²) in [5, 5.41) is 12.3. The summed E-state index contributed by atoms with van der Waals surface area (Å²) in [6, 6.07) is 15.5. The van der Waals surface area contributed by atoms with E-state index in [0.29, 0.717) is 11.5 Å². The molecule has 138 valence electrons. The van der Waals surface area contributed by atoms with Gasteiger partial charge in [-0.25, -0.2) is 0 Å². The van der Waals surface area contributed by atoms with Crippen LogP contribution in [-0.2, 0) is 9.59 Å². The lowest BCUT2D eigenvalue weighted by molar-refractivity contribution is -0.121. The normalized spacial score (nSPS) is 20.7. The van der Waals surface area contributed by atoms with Gasteiger partial charge in [-0.2, -0.15) is 0 Å². The van der Waals surface area contributed by atoms with Crippen molar-refractivity contribution in [3.8, 4) is 0 Å². The van der Waals surface area contributed by atoms with Crippen LogP contribution < -0.4 is 21.3 Å². The Balaban J connectivity index is 1.68. The van der Waals surface area contributed by atoms with Gasteiger partial charge < -0.3 is 21.3 Å². The van der Waals surface area contributed by atoms with E-state index in [9.17, 15) is 9.59 Å². The van der Waals surface area contributed by atoms with Crippen molar-refractivity contribution in [3.05, 3.63) is 71.1 Å². The first kappa shape index (κ1) is 17.1. The van der Waals surface area contributed by atoms with Gasteiger partial charge in [0.15, 0.2) is 0 Å². The van der Waals surface area contributed by atoms with E-state index >= 15 is 0 Å². The quantitative estimate of drug-likeness (QED) is 0.630. The lowest BCUT2D eigenvalue weighted by Gasteiger charge is -2.17. The number of carbonyl (C=O) groups is 2. The number of rotatable bonds is 4. The van der Waals surface area contributed by atoms with Crippen molar-refractivity contribution in [1.82, 2.24) is 10.6 Å². The molecule has 4 N–H and O–H groups in total. The van der Waals surface area contributed by atoms with Crippen LogP contribution in [0.4, 0.5) is 11.4 Å². The molecule has 1 aliphatic carbocycles. The minimum atomic E-state index is -0.442. The summed E-state index contributed by atoms with van der Waals surface area (Å²) in [6.45, 7) is 3.93. The van der Waals surface area contributed by atoms with Gasteiger partial charge in [-0.05, 0) is 49.6 Å². The molecule has 1 aliphatic heterocycles. The van der Waals surface area contributed by atoms with Crippen LogP contribution in [-0.4, -0.2) is 23.9 Å². The molecule has 2 aliphatic rings. The number of carbonyl (C=O) groups excluding carboxylic acids is 2. The Labute approximate surface area is 158 Å². The zero-order chi connectivity index (χ0) is 19.0. The number of aryl methyl sites for hydroxylation is 2. The van der Waals surface area contributed by atoms with E-state index in [1.165, 1.54) is 0 Å². The highest BCUT2D eigenvalue weighted by Gasteiger charge is 2.44. The molecule has 2 atom stereocenters. The van der Waals surface area contributed by atoms with E-state index in [4.69, 9.17) is 0 Å². The highest BCUT2D eigenvalue weighted by Crippen LogP contribution is 2.28. The lowest BCUT2D eigenvalue weighted by Crippen LogP contribution is -2.34. The van der Waals surface area contributed by atoms with Crippen molar-refractivity contribution in [2.75, 3.05) is 10.6 Å². The molecule has 1 heterocycles. The van der Waals surface area contributed by atoms with Crippen molar-refractivity contribution < 1.29 is 9.59 Å². The topological polar surface area (TPSA) is 82.3 Å². The predicted molar refractivity (Wildman–Crippen MR) is 105 cm³/mol. The van der Waals surface area contributed by atoms with E-state index in [0.717, 1.165) is 23.2 Å². The summed E-state index contributed by atoms with van der Waals surface area (Å²) < 4.78 is 0. The monoisotopic (exact) mass is 362 g/mol. The van der Waals surface area contributed by atoms with Gasteiger partial charge in [0.25, 0.3) is 11.8 Å². The smallest absolute Gasteiger partial charge is 0.264 e. The average molecular weight is 362 g/mol. The number of benzene rings is 2. The summed E-state index contributed by atoms with van der Waals surface area (Å²) in [6.07, 6.45) is 0.859. The summed E-state index contributed by atoms with van der Waals surface area (Å²) in [5.41, 5.74) is 3.64. The maximum Gasteiger partial charge on any atom is 0.264 e. The van der Waals surface area contributed by atoms with Crippen LogP contribution in [0.15, 0.2) is 59.9 Å². The Morgan fingerprint density at radius 1 is 1.04 bits per heavy atom. The van der Waals surface area contributed by atoms with Crippen LogP contribution in [0.5, 0.6) is 0 Å². The second kappa shape index (κ2) is 6.79. The van der Waals surface area contributed by atoms with Crippen LogP contribution in [0.2, 0.25) is 0 Å². The zero-order valence-electron chi connectivity index (χ0n) is 15.3. The van der Waals surface area contributed by atoms with Gasteiger partial charge >= 0.3 is 0 Å². The van der Waals surface area contributed by atoms with Gasteiger partial charge in [-0.1, -0.05) is 30.3 Å². The summed E-state index contributed by atoms with van der Waals surface area (Å²) in [7, 11) is 0. The minimum absolute atomic E-state index is 0.0620. The summed E-state index contributed by atoms with van der Waals surface area (Å²) >= 11 is 0. The number of para-hydroxylation sites is 1. The van der Waals surface area contributed by atoms with Gasteiger partial charge in [-0.3, -0.25) is 9.59 Å². The molecule has 0 spiro atoms. The number of hydrogen-bond donors (Lipinski definition) is 4. The molecule has 6 heteroatoms. The molecule has 2 amide bonds. The first-order valence-electron chi connectivity index (χ1n) is 9.03. The molecule has 2 aromatic rings. The molecular weight excluding hydrogens is 340 g/mol. The molecule has 27 heavy (non-hydrogen) atoms. The maximum absolute atomic E-state index is 12.9. The molecule has 6 nitrogen and oxygen atoms in total. The Kier molecular flexibility index (Phi) is 4.32. The van der Waals surface area contributed by atoms with Gasteiger partial charge in [0.05, 0.1) is 6.04 Å². The molecule has 1 saturated carbocycles. The largest absolute Gasteiger partial charge is 0.366 e. The fourth-order valence-electron chi connectivity index (χ4n) is 3.21. The SMILES string of the molecule is Cc1cccc(NC(=O)C2=C(Nc3ccccc3C)NC3CC3NC2=O)c1. The second-order valence-corrected chi connectivity index (χ2v) is 7.08. The van der Waals surface area contributed by atoms with E-state index in [2.05, 4.69) is 21.3 Å². The summed E-state index contributed by atoms with van der Waals surface area (Å²) in [4.78, 5) is 25.7. The van der Waals surface area contributed by atoms with E-state index in [1.54, 1.807) is 6.07 Å². The van der Waals surface area contributed by atoms with E-state index < -0.39 is 5.91 Å². The fraction of sp³-hybridized carbons (Fsp3) is 0.238. The molecule has 0 bridgehead atoms. The molecule has 4 rings (SSSR count). The zero-order valence-corrected chi connectivity index (χ0v) is 15.3. The molecule has 2 aromatic carbocycles. The Morgan fingerprint density at radius 2 is 1.81 bits per heavy atom. The standard InChI is InChI=1S/C21H22N4O2/c1-12-6-5-8-14(10-12)22-20(26)18-19(23-15-9-4-3-7-13(15)2)24-16-11-17(16)25-21(18)27/h3-10,16-17,23-24H,11H2,1-2H3,(H,22,26)(H,25,27). The molecule has 0 aromatic heterocycles. The predicted octanol–water partition coefficient (Wildman–Crippen LogP) is 2.43. The molecule has 0 saturated heterocycles. The van der Waals surface area contributed by atoms with E-state index in [1.807, 2.05) is 56.3 Å². The highest BCUT2D eigenvalue weighted by molar-refractivity contribution is 6.23. The van der Waals surface area contributed by atoms with Crippen molar-refractivity contribution in [3.63, 3.8) is 0 Å². The lowest BCUT2D eigenvalue weighted by atomic mass is 10.1. The summed E-state index contributed by atoms with van der Waals surface area (Å²) in [5.74, 6) is -0.367. The minimum Gasteiger partial charge on any atom is -0.366 e. The molecular formula is C21H22N4O2. The Morgan fingerprint density at radius 3 is 2.59 bits per heavy atom. The number of hydrogen-bond acceptors (Lipinski definition) is 4. The van der Waals surface area contributed by atoms with Gasteiger partial charge in [-0.15, -0.1) is 0 Å². The van der Waals surface area contributed by atoms with E-state index in [-0.39, 0.29) is 23.6 Å². The fourth-order valence-corrected chi connectivity index (χ4v) is 3.21.